The molecule has 5 nitrogen and oxygen atoms in total. The third-order valence-electron chi connectivity index (χ3n) is 4.85. The van der Waals surface area contributed by atoms with E-state index in [1.807, 2.05) is 0 Å². The van der Waals surface area contributed by atoms with Crippen molar-refractivity contribution < 1.29 is 18.4 Å². The Labute approximate surface area is 145 Å². The van der Waals surface area contributed by atoms with Crippen LogP contribution in [-0.2, 0) is 10.2 Å². The molecule has 1 aliphatic rings. The predicted octanol–water partition coefficient (Wildman–Crippen LogP) is 2.78. The molecule has 2 amide bonds. The molecule has 0 bridgehead atoms. The predicted molar refractivity (Wildman–Crippen MR) is 90.6 cm³/mol. The first-order chi connectivity index (χ1) is 12.0. The number of hydrogen-bond donors (Lipinski definition) is 2. The molecule has 1 aromatic heterocycles. The molecule has 6 heteroatoms. The maximum atomic E-state index is 13.1. The third kappa shape index (κ3) is 3.73. The average molecular weight is 344 g/mol. The zero-order valence-electron chi connectivity index (χ0n) is 14.0. The van der Waals surface area contributed by atoms with Crippen LogP contribution in [0.25, 0.3) is 0 Å². The molecule has 1 aromatic carbocycles. The molecular formula is C19H21FN2O3. The number of carbonyl (C=O) groups excluding carboxylic acids is 2. The Bertz CT molecular complexity index is 737. The standard InChI is InChI=1S/C19H21FN2O3/c1-13(22-18(24)16-4-2-11-25-16)17(23)21-12-19(9-3-10-19)14-5-7-15(20)8-6-14/h2,4-8,11,13H,3,9-10,12H2,1H3,(H,21,23)(H,22,24)/t13-/m1/s1. The van der Waals surface area contributed by atoms with Gasteiger partial charge in [-0.2, -0.15) is 0 Å². The van der Waals surface area contributed by atoms with E-state index in [9.17, 15) is 14.0 Å². The summed E-state index contributed by atoms with van der Waals surface area (Å²) in [5.41, 5.74) is 0.890. The van der Waals surface area contributed by atoms with Gasteiger partial charge in [-0.1, -0.05) is 18.6 Å². The molecule has 25 heavy (non-hydrogen) atoms. The van der Waals surface area contributed by atoms with Gasteiger partial charge in [-0.15, -0.1) is 0 Å². The summed E-state index contributed by atoms with van der Waals surface area (Å²) >= 11 is 0. The lowest BCUT2D eigenvalue weighted by molar-refractivity contribution is -0.123. The van der Waals surface area contributed by atoms with E-state index < -0.39 is 11.9 Å². The number of furan rings is 1. The molecule has 132 valence electrons. The second-order valence-corrected chi connectivity index (χ2v) is 6.53. The Kier molecular flexibility index (Phi) is 4.88. The summed E-state index contributed by atoms with van der Waals surface area (Å²) in [5, 5.41) is 5.52. The smallest absolute Gasteiger partial charge is 0.287 e. The number of rotatable bonds is 6. The van der Waals surface area contributed by atoms with Crippen molar-refractivity contribution in [2.24, 2.45) is 0 Å². The van der Waals surface area contributed by atoms with E-state index in [-0.39, 0.29) is 22.9 Å². The molecule has 3 rings (SSSR count). The number of carbonyl (C=O) groups is 2. The normalized spacial score (nSPS) is 16.6. The Hall–Kier alpha value is -2.63. The average Bonchev–Trinajstić information content (AvgIpc) is 3.09. The van der Waals surface area contributed by atoms with E-state index in [0.29, 0.717) is 6.54 Å². The number of benzene rings is 1. The molecule has 0 radical (unpaired) electrons. The Balaban J connectivity index is 1.57. The first-order valence-corrected chi connectivity index (χ1v) is 8.38. The number of amides is 2. The van der Waals surface area contributed by atoms with Crippen LogP contribution in [-0.4, -0.2) is 24.4 Å². The molecule has 1 fully saturated rings. The highest BCUT2D eigenvalue weighted by atomic mass is 19.1. The van der Waals surface area contributed by atoms with Gasteiger partial charge in [-0.05, 0) is 49.6 Å². The number of halogens is 1. The van der Waals surface area contributed by atoms with Crippen molar-refractivity contribution >= 4 is 11.8 Å². The SMILES string of the molecule is C[C@@H](NC(=O)c1ccco1)C(=O)NCC1(c2ccc(F)cc2)CCC1. The number of hydrogen-bond acceptors (Lipinski definition) is 3. The molecule has 1 saturated carbocycles. The molecule has 1 heterocycles. The van der Waals surface area contributed by atoms with E-state index in [1.165, 1.54) is 24.5 Å². The molecule has 1 atom stereocenters. The third-order valence-corrected chi connectivity index (χ3v) is 4.85. The van der Waals surface area contributed by atoms with Gasteiger partial charge in [0, 0.05) is 12.0 Å². The fourth-order valence-corrected chi connectivity index (χ4v) is 3.12. The lowest BCUT2D eigenvalue weighted by atomic mass is 9.64. The van der Waals surface area contributed by atoms with Gasteiger partial charge in [0.2, 0.25) is 5.91 Å². The fourth-order valence-electron chi connectivity index (χ4n) is 3.12. The maximum absolute atomic E-state index is 13.1. The van der Waals surface area contributed by atoms with Crippen molar-refractivity contribution in [3.63, 3.8) is 0 Å². The van der Waals surface area contributed by atoms with Crippen molar-refractivity contribution in [3.05, 3.63) is 59.8 Å². The summed E-state index contributed by atoms with van der Waals surface area (Å²) in [7, 11) is 0. The Morgan fingerprint density at radius 2 is 1.96 bits per heavy atom. The highest BCUT2D eigenvalue weighted by Gasteiger charge is 2.39. The summed E-state index contributed by atoms with van der Waals surface area (Å²) < 4.78 is 18.1. The van der Waals surface area contributed by atoms with E-state index in [2.05, 4.69) is 10.6 Å². The maximum Gasteiger partial charge on any atom is 0.287 e. The zero-order chi connectivity index (χ0) is 17.9. The van der Waals surface area contributed by atoms with Gasteiger partial charge in [-0.3, -0.25) is 9.59 Å². The van der Waals surface area contributed by atoms with Gasteiger partial charge >= 0.3 is 0 Å². The first-order valence-electron chi connectivity index (χ1n) is 8.38. The lowest BCUT2D eigenvalue weighted by Gasteiger charge is -2.42. The summed E-state index contributed by atoms with van der Waals surface area (Å²) in [6, 6.07) is 8.93. The van der Waals surface area contributed by atoms with Crippen LogP contribution in [0.5, 0.6) is 0 Å². The van der Waals surface area contributed by atoms with E-state index in [1.54, 1.807) is 25.1 Å². The minimum absolute atomic E-state index is 0.145. The minimum atomic E-state index is -0.678. The summed E-state index contributed by atoms with van der Waals surface area (Å²) in [6.07, 6.45) is 4.39. The van der Waals surface area contributed by atoms with Crippen molar-refractivity contribution in [2.75, 3.05) is 6.54 Å². The van der Waals surface area contributed by atoms with Crippen LogP contribution < -0.4 is 10.6 Å². The van der Waals surface area contributed by atoms with Crippen LogP contribution in [0.15, 0.2) is 47.1 Å². The second-order valence-electron chi connectivity index (χ2n) is 6.53. The van der Waals surface area contributed by atoms with Gasteiger partial charge in [0.1, 0.15) is 11.9 Å². The van der Waals surface area contributed by atoms with Gasteiger partial charge in [0.25, 0.3) is 5.91 Å². The molecular weight excluding hydrogens is 323 g/mol. The van der Waals surface area contributed by atoms with Gasteiger partial charge in [-0.25, -0.2) is 4.39 Å². The quantitative estimate of drug-likeness (QED) is 0.846. The van der Waals surface area contributed by atoms with Crippen LogP contribution in [0.1, 0.15) is 42.3 Å². The summed E-state index contributed by atoms with van der Waals surface area (Å²) in [5.74, 6) is -0.782. The van der Waals surface area contributed by atoms with Crippen LogP contribution in [0.2, 0.25) is 0 Å². The fraction of sp³-hybridized carbons (Fsp3) is 0.368. The van der Waals surface area contributed by atoms with Crippen LogP contribution >= 0.6 is 0 Å². The van der Waals surface area contributed by atoms with Gasteiger partial charge in [0.05, 0.1) is 6.26 Å². The molecule has 0 aliphatic heterocycles. The van der Waals surface area contributed by atoms with Crippen LogP contribution in [0, 0.1) is 5.82 Å². The lowest BCUT2D eigenvalue weighted by Crippen LogP contribution is -2.51. The highest BCUT2D eigenvalue weighted by Crippen LogP contribution is 2.43. The minimum Gasteiger partial charge on any atom is -0.459 e. The molecule has 0 unspecified atom stereocenters. The van der Waals surface area contributed by atoms with Crippen molar-refractivity contribution in [1.82, 2.24) is 10.6 Å². The second kappa shape index (κ2) is 7.09. The van der Waals surface area contributed by atoms with Gasteiger partial charge < -0.3 is 15.1 Å². The van der Waals surface area contributed by atoms with Crippen molar-refractivity contribution in [2.45, 2.75) is 37.6 Å². The number of nitrogens with one attached hydrogen (secondary N) is 2. The summed E-state index contributed by atoms with van der Waals surface area (Å²) in [4.78, 5) is 24.2. The monoisotopic (exact) mass is 344 g/mol. The summed E-state index contributed by atoms with van der Waals surface area (Å²) in [6.45, 7) is 2.10. The highest BCUT2D eigenvalue weighted by molar-refractivity contribution is 5.95. The van der Waals surface area contributed by atoms with Crippen molar-refractivity contribution in [1.29, 1.82) is 0 Å². The molecule has 2 aromatic rings. The van der Waals surface area contributed by atoms with E-state index in [4.69, 9.17) is 4.42 Å². The Morgan fingerprint density at radius 3 is 2.52 bits per heavy atom. The topological polar surface area (TPSA) is 71.3 Å². The van der Waals surface area contributed by atoms with Crippen molar-refractivity contribution in [3.8, 4) is 0 Å². The largest absolute Gasteiger partial charge is 0.459 e. The first kappa shape index (κ1) is 17.2. The van der Waals surface area contributed by atoms with E-state index in [0.717, 1.165) is 24.8 Å². The Morgan fingerprint density at radius 1 is 1.24 bits per heavy atom. The van der Waals surface area contributed by atoms with Crippen LogP contribution in [0.4, 0.5) is 4.39 Å². The molecule has 0 saturated heterocycles. The van der Waals surface area contributed by atoms with Crippen LogP contribution in [0.3, 0.4) is 0 Å². The molecule has 0 spiro atoms. The molecule has 2 N–H and O–H groups in total. The molecule has 1 aliphatic carbocycles. The van der Waals surface area contributed by atoms with E-state index >= 15 is 0 Å². The zero-order valence-corrected chi connectivity index (χ0v) is 14.0. The van der Waals surface area contributed by atoms with Gasteiger partial charge in [0.15, 0.2) is 5.76 Å².